The van der Waals surface area contributed by atoms with Crippen molar-refractivity contribution in [3.8, 4) is 0 Å². The molecule has 1 fully saturated rings. The van der Waals surface area contributed by atoms with Gasteiger partial charge in [0.25, 0.3) is 0 Å². The van der Waals surface area contributed by atoms with Crippen LogP contribution in [0.5, 0.6) is 0 Å². The lowest BCUT2D eigenvalue weighted by Crippen LogP contribution is -2.49. The monoisotopic (exact) mass is 459 g/mol. The van der Waals surface area contributed by atoms with Crippen molar-refractivity contribution in [1.82, 2.24) is 4.31 Å². The second kappa shape index (κ2) is 5.92. The smallest absolute Gasteiger partial charge is 0.229 e. The number of hydrogen-bond acceptors (Lipinski definition) is 4. The Bertz CT molecular complexity index is 775. The van der Waals surface area contributed by atoms with Crippen LogP contribution in [0.2, 0.25) is 0 Å². The number of rotatable bonds is 2. The number of sulfonamides is 1. The molecule has 0 aliphatic carbocycles. The van der Waals surface area contributed by atoms with E-state index in [0.29, 0.717) is 8.95 Å². The van der Waals surface area contributed by atoms with Crippen LogP contribution in [0.4, 0.5) is 0 Å². The van der Waals surface area contributed by atoms with E-state index in [0.717, 1.165) is 5.56 Å². The minimum Gasteiger partial charge on any atom is -0.229 e. The normalized spacial score (nSPS) is 23.1. The maximum Gasteiger partial charge on any atom is 0.244 e. The molecule has 0 spiro atoms. The van der Waals surface area contributed by atoms with Crippen molar-refractivity contribution in [3.05, 3.63) is 26.6 Å². The standard InChI is InChI=1S/C12H15Br2NO4S2/c1-8-5-11(14)12(6-10(8)13)21(18,19)15-3-4-20(16,17)7-9(15)2/h5-6,9H,3-4,7H2,1-2H3. The quantitative estimate of drug-likeness (QED) is 0.678. The number of sulfone groups is 1. The predicted octanol–water partition coefficient (Wildman–Crippen LogP) is 2.33. The van der Waals surface area contributed by atoms with Crippen LogP contribution in [0, 0.1) is 6.92 Å². The molecule has 1 aromatic rings. The fourth-order valence-corrected chi connectivity index (χ4v) is 7.33. The van der Waals surface area contributed by atoms with Crippen molar-refractivity contribution in [3.63, 3.8) is 0 Å². The van der Waals surface area contributed by atoms with Crippen LogP contribution < -0.4 is 0 Å². The predicted molar refractivity (Wildman–Crippen MR) is 88.6 cm³/mol. The molecular weight excluding hydrogens is 446 g/mol. The zero-order valence-electron chi connectivity index (χ0n) is 11.5. The average molecular weight is 461 g/mol. The number of benzene rings is 1. The van der Waals surface area contributed by atoms with Crippen LogP contribution in [0.25, 0.3) is 0 Å². The molecule has 1 atom stereocenters. The van der Waals surface area contributed by atoms with Crippen molar-refractivity contribution in [2.24, 2.45) is 0 Å². The minimum atomic E-state index is -3.74. The lowest BCUT2D eigenvalue weighted by Gasteiger charge is -2.32. The van der Waals surface area contributed by atoms with Crippen molar-refractivity contribution < 1.29 is 16.8 Å². The van der Waals surface area contributed by atoms with E-state index in [2.05, 4.69) is 31.9 Å². The second-order valence-corrected chi connectivity index (χ2v) is 10.9. The molecule has 0 amide bonds. The molecule has 1 aromatic carbocycles. The first-order valence-corrected chi connectivity index (χ1v) is 11.1. The van der Waals surface area contributed by atoms with Gasteiger partial charge in [-0.3, -0.25) is 0 Å². The summed E-state index contributed by atoms with van der Waals surface area (Å²) >= 11 is 6.61. The number of aryl methyl sites for hydroxylation is 1. The molecule has 0 radical (unpaired) electrons. The maximum absolute atomic E-state index is 12.8. The van der Waals surface area contributed by atoms with Crippen LogP contribution in [-0.2, 0) is 19.9 Å². The molecule has 1 saturated heterocycles. The van der Waals surface area contributed by atoms with E-state index in [1.54, 1.807) is 19.1 Å². The van der Waals surface area contributed by atoms with E-state index < -0.39 is 25.9 Å². The molecule has 2 rings (SSSR count). The van der Waals surface area contributed by atoms with Gasteiger partial charge in [0.15, 0.2) is 9.84 Å². The molecule has 1 aliphatic heterocycles. The fourth-order valence-electron chi connectivity index (χ4n) is 2.29. The molecule has 1 unspecified atom stereocenters. The van der Waals surface area contributed by atoms with E-state index in [1.807, 2.05) is 6.92 Å². The van der Waals surface area contributed by atoms with Crippen LogP contribution in [0.3, 0.4) is 0 Å². The Hall–Kier alpha value is 0.0400. The third-order valence-corrected chi connectivity index (χ3v) is 9.03. The summed E-state index contributed by atoms with van der Waals surface area (Å²) in [7, 11) is -6.90. The number of hydrogen-bond donors (Lipinski definition) is 0. The highest BCUT2D eigenvalue weighted by Crippen LogP contribution is 2.32. The highest BCUT2D eigenvalue weighted by atomic mass is 79.9. The molecule has 1 aliphatic rings. The van der Waals surface area contributed by atoms with Crippen molar-refractivity contribution >= 4 is 51.7 Å². The van der Waals surface area contributed by atoms with Crippen LogP contribution >= 0.6 is 31.9 Å². The van der Waals surface area contributed by atoms with Crippen LogP contribution in [-0.4, -0.2) is 45.2 Å². The van der Waals surface area contributed by atoms with Gasteiger partial charge >= 0.3 is 0 Å². The van der Waals surface area contributed by atoms with E-state index >= 15 is 0 Å². The Labute approximate surface area is 141 Å². The van der Waals surface area contributed by atoms with Gasteiger partial charge in [-0.1, -0.05) is 15.9 Å². The van der Waals surface area contributed by atoms with E-state index in [9.17, 15) is 16.8 Å². The molecular formula is C12H15Br2NO4S2. The van der Waals surface area contributed by atoms with Gasteiger partial charge in [-0.15, -0.1) is 0 Å². The number of nitrogens with zero attached hydrogens (tertiary/aromatic N) is 1. The highest BCUT2D eigenvalue weighted by molar-refractivity contribution is 9.11. The summed E-state index contributed by atoms with van der Waals surface area (Å²) in [5.41, 5.74) is 0.912. The zero-order chi connectivity index (χ0) is 16.0. The van der Waals surface area contributed by atoms with Gasteiger partial charge in [0.1, 0.15) is 0 Å². The van der Waals surface area contributed by atoms with Gasteiger partial charge in [-0.2, -0.15) is 4.31 Å². The summed E-state index contributed by atoms with van der Waals surface area (Å²) < 4.78 is 51.2. The van der Waals surface area contributed by atoms with E-state index in [-0.39, 0.29) is 22.9 Å². The lowest BCUT2D eigenvalue weighted by molar-refractivity contribution is 0.356. The summed E-state index contributed by atoms with van der Waals surface area (Å²) in [6.07, 6.45) is 0. The van der Waals surface area contributed by atoms with Gasteiger partial charge in [0, 0.05) is 21.5 Å². The SMILES string of the molecule is Cc1cc(Br)c(S(=O)(=O)N2CCS(=O)(=O)CC2C)cc1Br. The minimum absolute atomic E-state index is 0.0101. The number of halogens is 2. The zero-order valence-corrected chi connectivity index (χ0v) is 16.3. The summed E-state index contributed by atoms with van der Waals surface area (Å²) in [5, 5.41) is 0. The van der Waals surface area contributed by atoms with Gasteiger partial charge < -0.3 is 0 Å². The largest absolute Gasteiger partial charge is 0.244 e. The molecule has 0 bridgehead atoms. The molecule has 5 nitrogen and oxygen atoms in total. The third-order valence-electron chi connectivity index (χ3n) is 3.41. The summed E-state index contributed by atoms with van der Waals surface area (Å²) in [5.74, 6) is -0.280. The van der Waals surface area contributed by atoms with E-state index in [1.165, 1.54) is 4.31 Å². The Balaban J connectivity index is 2.46. The van der Waals surface area contributed by atoms with Crippen molar-refractivity contribution in [1.29, 1.82) is 0 Å². The Kier molecular flexibility index (Phi) is 4.90. The average Bonchev–Trinajstić information content (AvgIpc) is 2.31. The molecule has 21 heavy (non-hydrogen) atoms. The van der Waals surface area contributed by atoms with Crippen molar-refractivity contribution in [2.75, 3.05) is 18.1 Å². The van der Waals surface area contributed by atoms with Crippen LogP contribution in [0.15, 0.2) is 26.0 Å². The maximum atomic E-state index is 12.8. The molecule has 0 aromatic heterocycles. The Morgan fingerprint density at radius 2 is 1.86 bits per heavy atom. The van der Waals surface area contributed by atoms with Gasteiger partial charge in [-0.05, 0) is 47.5 Å². The summed E-state index contributed by atoms with van der Waals surface area (Å²) in [4.78, 5) is 0.145. The second-order valence-electron chi connectivity index (χ2n) is 5.11. The molecule has 1 heterocycles. The fraction of sp³-hybridized carbons (Fsp3) is 0.500. The Morgan fingerprint density at radius 1 is 1.24 bits per heavy atom. The van der Waals surface area contributed by atoms with E-state index in [4.69, 9.17) is 0 Å². The van der Waals surface area contributed by atoms with Gasteiger partial charge in [-0.25, -0.2) is 16.8 Å². The topological polar surface area (TPSA) is 71.5 Å². The summed E-state index contributed by atoms with van der Waals surface area (Å²) in [6.45, 7) is 3.47. The van der Waals surface area contributed by atoms with Gasteiger partial charge in [0.2, 0.25) is 10.0 Å². The molecule has 9 heteroatoms. The molecule has 0 N–H and O–H groups in total. The summed E-state index contributed by atoms with van der Waals surface area (Å²) in [6, 6.07) is 2.70. The lowest BCUT2D eigenvalue weighted by atomic mass is 10.2. The molecule has 118 valence electrons. The third kappa shape index (κ3) is 3.52. The first kappa shape index (κ1) is 17.4. The molecule has 0 saturated carbocycles. The van der Waals surface area contributed by atoms with Crippen molar-refractivity contribution in [2.45, 2.75) is 24.8 Å². The van der Waals surface area contributed by atoms with Crippen LogP contribution in [0.1, 0.15) is 12.5 Å². The first-order valence-electron chi connectivity index (χ1n) is 6.22. The Morgan fingerprint density at radius 3 is 2.43 bits per heavy atom. The highest BCUT2D eigenvalue weighted by Gasteiger charge is 2.37. The first-order chi connectivity index (χ1) is 9.54. The van der Waals surface area contributed by atoms with Gasteiger partial charge in [0.05, 0.1) is 16.4 Å².